The number of thioether (sulfide) groups is 1. The van der Waals surface area contributed by atoms with Crippen LogP contribution in [0.15, 0.2) is 34.1 Å². The summed E-state index contributed by atoms with van der Waals surface area (Å²) in [5.74, 6) is -0.437. The average molecular weight is 600 g/mol. The number of rotatable bonds is 10. The van der Waals surface area contributed by atoms with E-state index in [1.807, 2.05) is 19.2 Å². The number of nitrogens with zero attached hydrogens (tertiary/aromatic N) is 3. The molecule has 4 heterocycles. The molecule has 1 amide bonds. The van der Waals surface area contributed by atoms with Gasteiger partial charge in [0.1, 0.15) is 5.65 Å². The van der Waals surface area contributed by atoms with Gasteiger partial charge in [-0.2, -0.15) is 0 Å². The van der Waals surface area contributed by atoms with E-state index >= 15 is 0 Å². The Morgan fingerprint density at radius 3 is 2.60 bits per heavy atom. The number of alkyl halides is 2. The van der Waals surface area contributed by atoms with Crippen molar-refractivity contribution in [2.24, 2.45) is 5.92 Å². The van der Waals surface area contributed by atoms with Crippen LogP contribution in [0.25, 0.3) is 11.0 Å². The molecule has 3 fully saturated rings. The minimum absolute atomic E-state index is 0.0647. The summed E-state index contributed by atoms with van der Waals surface area (Å²) in [6, 6.07) is 5.45. The van der Waals surface area contributed by atoms with Crippen molar-refractivity contribution >= 4 is 28.7 Å². The van der Waals surface area contributed by atoms with Crippen LogP contribution < -0.4 is 10.9 Å². The lowest BCUT2D eigenvalue weighted by Crippen LogP contribution is -2.57. The summed E-state index contributed by atoms with van der Waals surface area (Å²) in [6.07, 6.45) is 7.71. The molecule has 2 N–H and O–H groups in total. The Balaban J connectivity index is 1.21. The van der Waals surface area contributed by atoms with Crippen molar-refractivity contribution < 1.29 is 18.3 Å². The summed E-state index contributed by atoms with van der Waals surface area (Å²) in [5, 5.41) is 3.16. The number of H-pyrrole nitrogens is 1. The molecule has 1 atom stereocenters. The fourth-order valence-corrected chi connectivity index (χ4v) is 7.51. The molecule has 11 heteroatoms. The number of aromatic amines is 1. The molecular weight excluding hydrogens is 560 g/mol. The standard InChI is InChI=1S/C31H39F2N5O3S/c1-17-13-25(42-3)24(30(39)36-17)14-35-31(40)26-23-5-4-12-34-29(23)38(27(26)28(32)33)18(2)19-6-8-20(9-7-19)37-15-22(16-37)41-21-10-11-21/h4-5,12-13,18-22,28H,6-11,14-16H2,1-3H3,(H,35,40)(H,36,39). The lowest BCUT2D eigenvalue weighted by molar-refractivity contribution is -0.0864. The molecule has 0 bridgehead atoms. The molecule has 1 saturated heterocycles. The fraction of sp³-hybridized carbons (Fsp3) is 0.581. The number of amides is 1. The Hall–Kier alpha value is -2.76. The summed E-state index contributed by atoms with van der Waals surface area (Å²) in [6.45, 7) is 5.69. The van der Waals surface area contributed by atoms with Gasteiger partial charge in [0, 0.05) is 59.5 Å². The van der Waals surface area contributed by atoms with E-state index in [2.05, 4.69) is 20.2 Å². The van der Waals surface area contributed by atoms with Crippen LogP contribution in [0.3, 0.4) is 0 Å². The topological polar surface area (TPSA) is 92.2 Å². The molecule has 226 valence electrons. The second kappa shape index (κ2) is 12.1. The molecule has 0 spiro atoms. The SMILES string of the molecule is CSc1cc(C)[nH]c(=O)c1CNC(=O)c1c(C(F)F)n(C(C)C2CCC(N3CC(OC4CC4)C3)CC2)c2ncccc12. The van der Waals surface area contributed by atoms with Gasteiger partial charge in [-0.3, -0.25) is 14.5 Å². The van der Waals surface area contributed by atoms with E-state index in [0.29, 0.717) is 40.5 Å². The molecule has 6 rings (SSSR count). The maximum Gasteiger partial charge on any atom is 0.279 e. The molecule has 3 aromatic heterocycles. The van der Waals surface area contributed by atoms with E-state index in [1.54, 1.807) is 29.8 Å². The third-order valence-electron chi connectivity index (χ3n) is 9.24. The van der Waals surface area contributed by atoms with Gasteiger partial charge in [0.25, 0.3) is 17.9 Å². The van der Waals surface area contributed by atoms with Gasteiger partial charge in [0.15, 0.2) is 0 Å². The average Bonchev–Trinajstić information content (AvgIpc) is 3.71. The number of carbonyl (C=O) groups excluding carboxylic acids is 1. The zero-order chi connectivity index (χ0) is 29.5. The summed E-state index contributed by atoms with van der Waals surface area (Å²) < 4.78 is 37.3. The van der Waals surface area contributed by atoms with Crippen molar-refractivity contribution in [3.05, 3.63) is 57.3 Å². The fourth-order valence-electron chi connectivity index (χ4n) is 6.80. The third-order valence-corrected chi connectivity index (χ3v) is 10.0. The zero-order valence-electron chi connectivity index (χ0n) is 24.4. The van der Waals surface area contributed by atoms with Gasteiger partial charge < -0.3 is 19.6 Å². The van der Waals surface area contributed by atoms with Crippen LogP contribution >= 0.6 is 11.8 Å². The third kappa shape index (κ3) is 5.75. The molecule has 42 heavy (non-hydrogen) atoms. The quantitative estimate of drug-likeness (QED) is 0.295. The van der Waals surface area contributed by atoms with Gasteiger partial charge in [-0.05, 0) is 82.7 Å². The number of hydrogen-bond donors (Lipinski definition) is 2. The first-order valence-electron chi connectivity index (χ1n) is 15.0. The Morgan fingerprint density at radius 2 is 1.93 bits per heavy atom. The highest BCUT2D eigenvalue weighted by molar-refractivity contribution is 7.98. The highest BCUT2D eigenvalue weighted by Crippen LogP contribution is 2.42. The van der Waals surface area contributed by atoms with E-state index < -0.39 is 12.3 Å². The first-order chi connectivity index (χ1) is 20.2. The number of likely N-dealkylation sites (tertiary alicyclic amines) is 1. The van der Waals surface area contributed by atoms with Gasteiger partial charge >= 0.3 is 0 Å². The monoisotopic (exact) mass is 599 g/mol. The lowest BCUT2D eigenvalue weighted by atomic mass is 9.80. The molecule has 0 radical (unpaired) electrons. The number of aromatic nitrogens is 3. The minimum atomic E-state index is -2.87. The number of pyridine rings is 2. The largest absolute Gasteiger partial charge is 0.372 e. The Morgan fingerprint density at radius 1 is 1.19 bits per heavy atom. The summed E-state index contributed by atoms with van der Waals surface area (Å²) in [5.41, 5.74) is 0.846. The summed E-state index contributed by atoms with van der Waals surface area (Å²) in [7, 11) is 0. The van der Waals surface area contributed by atoms with Crippen molar-refractivity contribution in [3.63, 3.8) is 0 Å². The molecular formula is C31H39F2N5O3S. The molecule has 1 aliphatic heterocycles. The van der Waals surface area contributed by atoms with Crippen molar-refractivity contribution in [1.82, 2.24) is 24.8 Å². The van der Waals surface area contributed by atoms with Crippen molar-refractivity contribution in [1.29, 1.82) is 0 Å². The van der Waals surface area contributed by atoms with Crippen LogP contribution in [-0.4, -0.2) is 62.9 Å². The lowest BCUT2D eigenvalue weighted by Gasteiger charge is -2.47. The number of aryl methyl sites for hydroxylation is 1. The zero-order valence-corrected chi connectivity index (χ0v) is 25.2. The highest BCUT2D eigenvalue weighted by atomic mass is 32.2. The minimum Gasteiger partial charge on any atom is -0.372 e. The normalized spacial score (nSPS) is 22.4. The van der Waals surface area contributed by atoms with Gasteiger partial charge in [-0.25, -0.2) is 13.8 Å². The second-order valence-electron chi connectivity index (χ2n) is 12.0. The van der Waals surface area contributed by atoms with E-state index in [0.717, 1.165) is 43.7 Å². The van der Waals surface area contributed by atoms with Crippen LogP contribution in [-0.2, 0) is 11.3 Å². The van der Waals surface area contributed by atoms with Crippen molar-refractivity contribution in [2.75, 3.05) is 19.3 Å². The molecule has 1 unspecified atom stereocenters. The summed E-state index contributed by atoms with van der Waals surface area (Å²) >= 11 is 1.40. The smallest absolute Gasteiger partial charge is 0.279 e. The van der Waals surface area contributed by atoms with Crippen LogP contribution in [0.5, 0.6) is 0 Å². The van der Waals surface area contributed by atoms with Gasteiger partial charge in [-0.1, -0.05) is 0 Å². The van der Waals surface area contributed by atoms with Crippen LogP contribution in [0.4, 0.5) is 8.78 Å². The summed E-state index contributed by atoms with van der Waals surface area (Å²) in [4.78, 5) is 36.7. The molecule has 3 aliphatic rings. The number of carbonyl (C=O) groups is 1. The number of nitrogens with one attached hydrogen (secondary N) is 2. The molecule has 8 nitrogen and oxygen atoms in total. The Bertz CT molecular complexity index is 1510. The molecule has 2 saturated carbocycles. The number of hydrogen-bond acceptors (Lipinski definition) is 6. The van der Waals surface area contributed by atoms with E-state index in [-0.39, 0.29) is 35.3 Å². The predicted octanol–water partition coefficient (Wildman–Crippen LogP) is 5.61. The van der Waals surface area contributed by atoms with Crippen molar-refractivity contribution in [2.45, 2.75) is 94.5 Å². The molecule has 2 aliphatic carbocycles. The van der Waals surface area contributed by atoms with Crippen LogP contribution in [0, 0.1) is 12.8 Å². The van der Waals surface area contributed by atoms with Crippen LogP contribution in [0.1, 0.15) is 85.2 Å². The molecule has 3 aromatic rings. The Labute approximate surface area is 248 Å². The van der Waals surface area contributed by atoms with Gasteiger partial charge in [0.05, 0.1) is 23.5 Å². The Kier molecular flexibility index (Phi) is 8.44. The van der Waals surface area contributed by atoms with Gasteiger partial charge in [-0.15, -0.1) is 11.8 Å². The number of halogens is 2. The maximum absolute atomic E-state index is 14.9. The van der Waals surface area contributed by atoms with E-state index in [1.165, 1.54) is 24.6 Å². The van der Waals surface area contributed by atoms with Crippen molar-refractivity contribution in [3.8, 4) is 0 Å². The van der Waals surface area contributed by atoms with E-state index in [9.17, 15) is 18.4 Å². The van der Waals surface area contributed by atoms with E-state index in [4.69, 9.17) is 4.74 Å². The highest BCUT2D eigenvalue weighted by Gasteiger charge is 2.40. The van der Waals surface area contributed by atoms with Gasteiger partial charge in [0.2, 0.25) is 0 Å². The number of fused-ring (bicyclic) bond motifs is 1. The predicted molar refractivity (Wildman–Crippen MR) is 159 cm³/mol. The first-order valence-corrected chi connectivity index (χ1v) is 16.2. The maximum atomic E-state index is 14.9. The second-order valence-corrected chi connectivity index (χ2v) is 12.9. The number of ether oxygens (including phenoxy) is 1. The van der Waals surface area contributed by atoms with Crippen LogP contribution in [0.2, 0.25) is 0 Å². The molecule has 0 aromatic carbocycles. The first kappa shape index (κ1) is 29.3.